The van der Waals surface area contributed by atoms with Gasteiger partial charge < -0.3 is 15.4 Å². The average Bonchev–Trinajstić information content (AvgIpc) is 2.82. The lowest BCUT2D eigenvalue weighted by molar-refractivity contribution is 0.102. The number of halogens is 1. The Balaban J connectivity index is 1.63. The van der Waals surface area contributed by atoms with Gasteiger partial charge in [0.25, 0.3) is 5.91 Å². The van der Waals surface area contributed by atoms with Crippen molar-refractivity contribution in [1.29, 1.82) is 0 Å². The molecule has 4 rings (SSSR count). The van der Waals surface area contributed by atoms with E-state index in [9.17, 15) is 4.79 Å². The fourth-order valence-electron chi connectivity index (χ4n) is 2.73. The molecule has 126 valence electrons. The van der Waals surface area contributed by atoms with Crippen molar-refractivity contribution in [3.63, 3.8) is 0 Å². The Kier molecular flexibility index (Phi) is 4.23. The van der Waals surface area contributed by atoms with Gasteiger partial charge in [-0.2, -0.15) is 0 Å². The normalized spacial score (nSPS) is 16.3. The predicted molar refractivity (Wildman–Crippen MR) is 100 cm³/mol. The maximum Gasteiger partial charge on any atom is 0.255 e. The standard InChI is InChI=1S/C18H15BrN4O2/c19-16-6-7-21-17-13(2-1-3-15(17)25-16)23-18(24)11-4-5-12-9-20-10-22-14(12)8-11/h1-5,8-10,16,21H,6-7H2,(H,23,24). The molecule has 1 amide bonds. The fourth-order valence-corrected chi connectivity index (χ4v) is 3.16. The van der Waals surface area contributed by atoms with E-state index >= 15 is 0 Å². The third-order valence-corrected chi connectivity index (χ3v) is 4.62. The summed E-state index contributed by atoms with van der Waals surface area (Å²) in [5.41, 5.74) is 2.75. The molecule has 1 unspecified atom stereocenters. The number of nitrogens with one attached hydrogen (secondary N) is 2. The minimum Gasteiger partial charge on any atom is -0.477 e. The molecule has 1 aromatic heterocycles. The second-order valence-electron chi connectivity index (χ2n) is 5.67. The second kappa shape index (κ2) is 6.68. The van der Waals surface area contributed by atoms with Gasteiger partial charge in [0.15, 0.2) is 5.01 Å². The van der Waals surface area contributed by atoms with E-state index in [-0.39, 0.29) is 10.9 Å². The number of nitrogens with zero attached hydrogens (tertiary/aromatic N) is 2. The van der Waals surface area contributed by atoms with E-state index < -0.39 is 0 Å². The summed E-state index contributed by atoms with van der Waals surface area (Å²) in [6.45, 7) is 0.753. The van der Waals surface area contributed by atoms with Crippen molar-refractivity contribution in [3.8, 4) is 5.75 Å². The topological polar surface area (TPSA) is 76.1 Å². The quantitative estimate of drug-likeness (QED) is 0.642. The minimum absolute atomic E-state index is 0.0487. The summed E-state index contributed by atoms with van der Waals surface area (Å²) in [6, 6.07) is 10.9. The number of carbonyl (C=O) groups is 1. The van der Waals surface area contributed by atoms with E-state index in [0.29, 0.717) is 17.0 Å². The van der Waals surface area contributed by atoms with Gasteiger partial charge >= 0.3 is 0 Å². The Morgan fingerprint density at radius 1 is 1.32 bits per heavy atom. The van der Waals surface area contributed by atoms with Crippen LogP contribution in [0.2, 0.25) is 0 Å². The summed E-state index contributed by atoms with van der Waals surface area (Å²) in [5, 5.41) is 7.12. The average molecular weight is 399 g/mol. The van der Waals surface area contributed by atoms with E-state index in [1.54, 1.807) is 18.3 Å². The van der Waals surface area contributed by atoms with Crippen LogP contribution in [0.1, 0.15) is 16.8 Å². The molecule has 0 saturated heterocycles. The van der Waals surface area contributed by atoms with Crippen molar-refractivity contribution in [2.24, 2.45) is 0 Å². The molecule has 2 N–H and O–H groups in total. The molecule has 0 bridgehead atoms. The number of ether oxygens (including phenoxy) is 1. The number of amides is 1. The number of rotatable bonds is 2. The predicted octanol–water partition coefficient (Wildman–Crippen LogP) is 3.80. The number of hydrogen-bond donors (Lipinski definition) is 2. The Labute approximate surface area is 152 Å². The second-order valence-corrected chi connectivity index (χ2v) is 6.69. The summed E-state index contributed by atoms with van der Waals surface area (Å²) in [6.07, 6.45) is 4.02. The largest absolute Gasteiger partial charge is 0.477 e. The van der Waals surface area contributed by atoms with Crippen LogP contribution in [0.4, 0.5) is 11.4 Å². The van der Waals surface area contributed by atoms with Gasteiger partial charge in [0.1, 0.15) is 17.8 Å². The van der Waals surface area contributed by atoms with Crippen LogP contribution in [0.5, 0.6) is 5.75 Å². The molecule has 3 aromatic rings. The van der Waals surface area contributed by atoms with Crippen LogP contribution in [0, 0.1) is 0 Å². The zero-order valence-electron chi connectivity index (χ0n) is 13.2. The van der Waals surface area contributed by atoms with Crippen molar-refractivity contribution in [2.45, 2.75) is 11.4 Å². The Morgan fingerprint density at radius 3 is 3.16 bits per heavy atom. The number of para-hydroxylation sites is 1. The third kappa shape index (κ3) is 3.28. The number of anilines is 2. The Hall–Kier alpha value is -2.67. The monoisotopic (exact) mass is 398 g/mol. The minimum atomic E-state index is -0.199. The summed E-state index contributed by atoms with van der Waals surface area (Å²) in [5.74, 6) is 0.513. The first-order valence-corrected chi connectivity index (χ1v) is 8.81. The van der Waals surface area contributed by atoms with Crippen molar-refractivity contribution in [2.75, 3.05) is 17.2 Å². The summed E-state index contributed by atoms with van der Waals surface area (Å²) in [4.78, 5) is 20.8. The molecule has 1 atom stereocenters. The number of carbonyl (C=O) groups excluding carboxylic acids is 1. The summed E-state index contributed by atoms with van der Waals surface area (Å²) < 4.78 is 5.83. The van der Waals surface area contributed by atoms with E-state index in [1.165, 1.54) is 6.33 Å². The van der Waals surface area contributed by atoms with Gasteiger partial charge in [-0.1, -0.05) is 12.1 Å². The zero-order valence-corrected chi connectivity index (χ0v) is 14.8. The molecule has 1 aliphatic rings. The zero-order chi connectivity index (χ0) is 17.2. The highest BCUT2D eigenvalue weighted by molar-refractivity contribution is 9.09. The molecule has 0 saturated carbocycles. The van der Waals surface area contributed by atoms with Crippen molar-refractivity contribution < 1.29 is 9.53 Å². The van der Waals surface area contributed by atoms with Crippen molar-refractivity contribution in [1.82, 2.24) is 9.97 Å². The van der Waals surface area contributed by atoms with Gasteiger partial charge in [-0.3, -0.25) is 4.79 Å². The van der Waals surface area contributed by atoms with Gasteiger partial charge in [-0.25, -0.2) is 9.97 Å². The van der Waals surface area contributed by atoms with Crippen LogP contribution in [-0.2, 0) is 0 Å². The molecule has 25 heavy (non-hydrogen) atoms. The van der Waals surface area contributed by atoms with Crippen molar-refractivity contribution >= 4 is 44.1 Å². The number of hydrogen-bond acceptors (Lipinski definition) is 5. The molecule has 0 radical (unpaired) electrons. The number of aromatic nitrogens is 2. The smallest absolute Gasteiger partial charge is 0.255 e. The van der Waals surface area contributed by atoms with Gasteiger partial charge in [0.05, 0.1) is 11.2 Å². The fraction of sp³-hybridized carbons (Fsp3) is 0.167. The van der Waals surface area contributed by atoms with E-state index in [2.05, 4.69) is 36.5 Å². The first-order valence-electron chi connectivity index (χ1n) is 7.89. The van der Waals surface area contributed by atoms with Crippen molar-refractivity contribution in [3.05, 3.63) is 54.5 Å². The van der Waals surface area contributed by atoms with Crippen LogP contribution in [0.3, 0.4) is 0 Å². The van der Waals surface area contributed by atoms with Gasteiger partial charge in [0, 0.05) is 30.1 Å². The van der Waals surface area contributed by atoms with Gasteiger partial charge in [-0.05, 0) is 40.2 Å². The molecule has 0 fully saturated rings. The molecule has 2 aromatic carbocycles. The molecular weight excluding hydrogens is 384 g/mol. The lowest BCUT2D eigenvalue weighted by Crippen LogP contribution is -2.14. The van der Waals surface area contributed by atoms with Crippen LogP contribution >= 0.6 is 15.9 Å². The van der Waals surface area contributed by atoms with Crippen LogP contribution in [0.25, 0.3) is 10.9 Å². The lowest BCUT2D eigenvalue weighted by Gasteiger charge is -2.15. The lowest BCUT2D eigenvalue weighted by atomic mass is 10.1. The van der Waals surface area contributed by atoms with E-state index in [0.717, 1.165) is 29.6 Å². The molecule has 6 nitrogen and oxygen atoms in total. The first-order chi connectivity index (χ1) is 12.2. The SMILES string of the molecule is O=C(Nc1cccc2c1NCCC(Br)O2)c1ccc2cncnc2c1. The van der Waals surface area contributed by atoms with Crippen LogP contribution in [-0.4, -0.2) is 27.4 Å². The van der Waals surface area contributed by atoms with Crippen LogP contribution in [0.15, 0.2) is 48.9 Å². The molecule has 2 heterocycles. The van der Waals surface area contributed by atoms with Crippen LogP contribution < -0.4 is 15.4 Å². The maximum atomic E-state index is 12.7. The highest BCUT2D eigenvalue weighted by atomic mass is 79.9. The first kappa shape index (κ1) is 15.8. The number of fused-ring (bicyclic) bond motifs is 2. The molecule has 1 aliphatic heterocycles. The summed E-state index contributed by atoms with van der Waals surface area (Å²) in [7, 11) is 0. The van der Waals surface area contributed by atoms with Gasteiger partial charge in [0.2, 0.25) is 0 Å². The molecule has 0 spiro atoms. The van der Waals surface area contributed by atoms with E-state index in [1.807, 2.05) is 24.3 Å². The molecular formula is C18H15BrN4O2. The Bertz CT molecular complexity index is 947. The third-order valence-electron chi connectivity index (χ3n) is 3.97. The highest BCUT2D eigenvalue weighted by Crippen LogP contribution is 2.36. The van der Waals surface area contributed by atoms with E-state index in [4.69, 9.17) is 4.74 Å². The molecule has 0 aliphatic carbocycles. The number of benzene rings is 2. The number of alkyl halides is 1. The Morgan fingerprint density at radius 2 is 2.24 bits per heavy atom. The summed E-state index contributed by atoms with van der Waals surface area (Å²) >= 11 is 3.48. The molecule has 7 heteroatoms. The van der Waals surface area contributed by atoms with Gasteiger partial charge in [-0.15, -0.1) is 0 Å². The maximum absolute atomic E-state index is 12.7. The highest BCUT2D eigenvalue weighted by Gasteiger charge is 2.18.